The molecule has 0 aromatic rings. The zero-order valence-electron chi connectivity index (χ0n) is 10.3. The first-order valence-corrected chi connectivity index (χ1v) is 6.07. The minimum Gasteiger partial charge on any atom is -0.465 e. The molecule has 0 amide bonds. The molecule has 0 aromatic carbocycles. The second-order valence-corrected chi connectivity index (χ2v) is 5.34. The number of methoxy groups -OCH3 is 2. The monoisotopic (exact) mass is 238 g/mol. The molecule has 0 N–H and O–H groups in total. The zero-order valence-corrected chi connectivity index (χ0v) is 10.3. The molecule has 3 atom stereocenters. The molecule has 4 heteroatoms. The quantitative estimate of drug-likeness (QED) is 0.415. The van der Waals surface area contributed by atoms with Crippen molar-refractivity contribution < 1.29 is 19.0 Å². The Kier molecular flexibility index (Phi) is 2.20. The standard InChI is InChI=1S/C13H18O4/c1-8-9-4-5-12(13(8,15-2)16-3)7-17-11(14)10(12)6-9/h9-10H,1,4-7H2,2-3H3/t9-,10?,12-/m0/s1. The molecular formula is C13H18O4. The summed E-state index contributed by atoms with van der Waals surface area (Å²) in [6.45, 7) is 4.55. The first kappa shape index (κ1) is 11.2. The number of hydrogen-bond acceptors (Lipinski definition) is 4. The van der Waals surface area contributed by atoms with Crippen LogP contribution >= 0.6 is 0 Å². The third-order valence-corrected chi connectivity index (χ3v) is 5.03. The maximum atomic E-state index is 11.9. The fraction of sp³-hybridized carbons (Fsp3) is 0.769. The largest absolute Gasteiger partial charge is 0.465 e. The van der Waals surface area contributed by atoms with E-state index in [1.54, 1.807) is 14.2 Å². The van der Waals surface area contributed by atoms with Crippen molar-refractivity contribution in [1.82, 2.24) is 0 Å². The Morgan fingerprint density at radius 1 is 1.41 bits per heavy atom. The predicted octanol–water partition coefficient (Wildman–Crippen LogP) is 1.50. The summed E-state index contributed by atoms with van der Waals surface area (Å²) in [5.74, 6) is -0.718. The van der Waals surface area contributed by atoms with Crippen LogP contribution in [-0.2, 0) is 19.0 Å². The third-order valence-electron chi connectivity index (χ3n) is 5.03. The van der Waals surface area contributed by atoms with Crippen molar-refractivity contribution in [3.8, 4) is 0 Å². The summed E-state index contributed by atoms with van der Waals surface area (Å²) in [6.07, 6.45) is 2.81. The molecule has 1 aliphatic heterocycles. The summed E-state index contributed by atoms with van der Waals surface area (Å²) in [5, 5.41) is 0. The molecule has 1 heterocycles. The van der Waals surface area contributed by atoms with Gasteiger partial charge >= 0.3 is 5.97 Å². The summed E-state index contributed by atoms with van der Waals surface area (Å²) < 4.78 is 16.6. The van der Waals surface area contributed by atoms with Crippen LogP contribution in [-0.4, -0.2) is 32.6 Å². The van der Waals surface area contributed by atoms with Gasteiger partial charge in [-0.05, 0) is 30.8 Å². The predicted molar refractivity (Wildman–Crippen MR) is 60.1 cm³/mol. The van der Waals surface area contributed by atoms with Gasteiger partial charge in [-0.3, -0.25) is 4.79 Å². The van der Waals surface area contributed by atoms with Crippen LogP contribution in [0.1, 0.15) is 19.3 Å². The fourth-order valence-electron chi connectivity index (χ4n) is 4.18. The van der Waals surface area contributed by atoms with E-state index < -0.39 is 5.79 Å². The Hall–Kier alpha value is -0.870. The molecule has 1 saturated heterocycles. The highest BCUT2D eigenvalue weighted by atomic mass is 16.7. The van der Waals surface area contributed by atoms with Crippen molar-refractivity contribution in [2.24, 2.45) is 17.3 Å². The molecule has 4 nitrogen and oxygen atoms in total. The summed E-state index contributed by atoms with van der Waals surface area (Å²) in [4.78, 5) is 11.9. The molecule has 2 bridgehead atoms. The molecule has 4 rings (SSSR count). The van der Waals surface area contributed by atoms with E-state index in [-0.39, 0.29) is 17.3 Å². The molecule has 0 aromatic heterocycles. The maximum Gasteiger partial charge on any atom is 0.309 e. The number of esters is 1. The Balaban J connectivity index is 2.15. The van der Waals surface area contributed by atoms with Crippen LogP contribution in [0.25, 0.3) is 0 Å². The van der Waals surface area contributed by atoms with Crippen molar-refractivity contribution in [3.05, 3.63) is 12.2 Å². The lowest BCUT2D eigenvalue weighted by Crippen LogP contribution is -2.64. The van der Waals surface area contributed by atoms with Gasteiger partial charge in [-0.2, -0.15) is 0 Å². The molecule has 0 radical (unpaired) electrons. The molecule has 1 spiro atoms. The van der Waals surface area contributed by atoms with Crippen molar-refractivity contribution >= 4 is 5.97 Å². The Bertz CT molecular complexity index is 385. The van der Waals surface area contributed by atoms with Gasteiger partial charge in [0.05, 0.1) is 11.3 Å². The van der Waals surface area contributed by atoms with Gasteiger partial charge < -0.3 is 14.2 Å². The van der Waals surface area contributed by atoms with Gasteiger partial charge in [0, 0.05) is 14.2 Å². The average Bonchev–Trinajstić information content (AvgIpc) is 2.70. The Morgan fingerprint density at radius 2 is 2.12 bits per heavy atom. The minimum atomic E-state index is -0.842. The van der Waals surface area contributed by atoms with Crippen LogP contribution in [0.15, 0.2) is 12.2 Å². The van der Waals surface area contributed by atoms with Gasteiger partial charge in [-0.1, -0.05) is 6.58 Å². The van der Waals surface area contributed by atoms with Crippen LogP contribution < -0.4 is 0 Å². The lowest BCUT2D eigenvalue weighted by atomic mass is 9.51. The average molecular weight is 238 g/mol. The lowest BCUT2D eigenvalue weighted by Gasteiger charge is -2.58. The lowest BCUT2D eigenvalue weighted by molar-refractivity contribution is -0.289. The van der Waals surface area contributed by atoms with E-state index in [0.29, 0.717) is 12.5 Å². The topological polar surface area (TPSA) is 44.8 Å². The summed E-state index contributed by atoms with van der Waals surface area (Å²) >= 11 is 0. The first-order chi connectivity index (χ1) is 8.11. The minimum absolute atomic E-state index is 0.0911. The molecular weight excluding hydrogens is 220 g/mol. The number of rotatable bonds is 2. The second kappa shape index (κ2) is 3.33. The van der Waals surface area contributed by atoms with Crippen LogP contribution in [0, 0.1) is 17.3 Å². The molecule has 4 fully saturated rings. The SMILES string of the molecule is C=C1[C@H]2CC[C@@]3(COC(=O)C3C2)C1(OC)OC. The van der Waals surface area contributed by atoms with E-state index in [4.69, 9.17) is 14.2 Å². The molecule has 3 aliphatic carbocycles. The van der Waals surface area contributed by atoms with Crippen LogP contribution in [0.5, 0.6) is 0 Å². The number of hydrogen-bond donors (Lipinski definition) is 0. The van der Waals surface area contributed by atoms with Gasteiger partial charge in [0.2, 0.25) is 0 Å². The number of fused-ring (bicyclic) bond motifs is 2. The van der Waals surface area contributed by atoms with Gasteiger partial charge in [-0.25, -0.2) is 0 Å². The van der Waals surface area contributed by atoms with Gasteiger partial charge in [0.25, 0.3) is 0 Å². The van der Waals surface area contributed by atoms with E-state index in [9.17, 15) is 4.79 Å². The van der Waals surface area contributed by atoms with E-state index in [1.165, 1.54) is 0 Å². The first-order valence-electron chi connectivity index (χ1n) is 6.07. The number of ether oxygens (including phenoxy) is 3. The van der Waals surface area contributed by atoms with Crippen LogP contribution in [0.2, 0.25) is 0 Å². The number of carbonyl (C=O) groups excluding carboxylic acids is 1. The zero-order chi connectivity index (χ0) is 12.3. The van der Waals surface area contributed by atoms with Crippen LogP contribution in [0.4, 0.5) is 0 Å². The highest BCUT2D eigenvalue weighted by Crippen LogP contribution is 2.64. The fourth-order valence-corrected chi connectivity index (χ4v) is 4.18. The highest BCUT2D eigenvalue weighted by Gasteiger charge is 2.71. The second-order valence-electron chi connectivity index (χ2n) is 5.34. The number of carbonyl (C=O) groups is 1. The van der Waals surface area contributed by atoms with Crippen molar-refractivity contribution in [2.75, 3.05) is 20.8 Å². The van der Waals surface area contributed by atoms with E-state index in [2.05, 4.69) is 6.58 Å². The van der Waals surface area contributed by atoms with Gasteiger partial charge in [0.1, 0.15) is 6.61 Å². The van der Waals surface area contributed by atoms with E-state index in [1.807, 2.05) is 0 Å². The molecule has 1 unspecified atom stereocenters. The number of cyclic esters (lactones) is 1. The summed E-state index contributed by atoms with van der Waals surface area (Å²) in [6, 6.07) is 0. The van der Waals surface area contributed by atoms with Crippen molar-refractivity contribution in [3.63, 3.8) is 0 Å². The molecule has 17 heavy (non-hydrogen) atoms. The maximum absolute atomic E-state index is 11.9. The van der Waals surface area contributed by atoms with Crippen molar-refractivity contribution in [2.45, 2.75) is 25.0 Å². The van der Waals surface area contributed by atoms with Crippen molar-refractivity contribution in [1.29, 1.82) is 0 Å². The third kappa shape index (κ3) is 1.04. The normalized spacial score (nSPS) is 42.5. The molecule has 94 valence electrons. The highest BCUT2D eigenvalue weighted by molar-refractivity contribution is 5.77. The summed E-state index contributed by atoms with van der Waals surface area (Å²) in [7, 11) is 3.26. The van der Waals surface area contributed by atoms with Gasteiger partial charge in [0.15, 0.2) is 5.79 Å². The van der Waals surface area contributed by atoms with E-state index in [0.717, 1.165) is 24.8 Å². The summed E-state index contributed by atoms with van der Waals surface area (Å²) in [5.41, 5.74) is 0.614. The van der Waals surface area contributed by atoms with Gasteiger partial charge in [-0.15, -0.1) is 0 Å². The van der Waals surface area contributed by atoms with Crippen LogP contribution in [0.3, 0.4) is 0 Å². The smallest absolute Gasteiger partial charge is 0.309 e. The Morgan fingerprint density at radius 3 is 2.76 bits per heavy atom. The molecule has 3 saturated carbocycles. The Labute approximate surface area is 101 Å². The molecule has 4 aliphatic rings. The van der Waals surface area contributed by atoms with E-state index >= 15 is 0 Å².